The van der Waals surface area contributed by atoms with Crippen molar-refractivity contribution in [2.75, 3.05) is 20.2 Å². The quantitative estimate of drug-likeness (QED) is 0.836. The summed E-state index contributed by atoms with van der Waals surface area (Å²) in [6.45, 7) is 7.58. The fourth-order valence-electron chi connectivity index (χ4n) is 2.63. The maximum atomic E-state index is 6.11. The van der Waals surface area contributed by atoms with E-state index in [0.29, 0.717) is 6.54 Å². The third kappa shape index (κ3) is 3.32. The minimum atomic E-state index is -0.128. The van der Waals surface area contributed by atoms with Gasteiger partial charge in [0.15, 0.2) is 0 Å². The summed E-state index contributed by atoms with van der Waals surface area (Å²) in [7, 11) is 1.72. The van der Waals surface area contributed by atoms with Crippen LogP contribution in [0.25, 0.3) is 0 Å². The van der Waals surface area contributed by atoms with Gasteiger partial charge in [-0.2, -0.15) is 0 Å². The van der Waals surface area contributed by atoms with Gasteiger partial charge in [0.05, 0.1) is 6.10 Å². The van der Waals surface area contributed by atoms with Gasteiger partial charge in [-0.3, -0.25) is 0 Å². The van der Waals surface area contributed by atoms with Gasteiger partial charge in [-0.25, -0.2) is 0 Å². The molecule has 0 saturated carbocycles. The highest BCUT2D eigenvalue weighted by Gasteiger charge is 2.32. The van der Waals surface area contributed by atoms with Crippen LogP contribution in [-0.2, 0) is 11.2 Å². The van der Waals surface area contributed by atoms with Crippen LogP contribution in [0.5, 0.6) is 5.75 Å². The van der Waals surface area contributed by atoms with E-state index >= 15 is 0 Å². The van der Waals surface area contributed by atoms with E-state index in [0.717, 1.165) is 24.3 Å². The molecule has 2 unspecified atom stereocenters. The van der Waals surface area contributed by atoms with E-state index in [1.54, 1.807) is 7.11 Å². The molecule has 0 bridgehead atoms. The number of nitrogens with one attached hydrogen (secondary N) is 1. The third-order valence-electron chi connectivity index (χ3n) is 3.79. The van der Waals surface area contributed by atoms with Crippen LogP contribution in [0.4, 0.5) is 0 Å². The SMILES string of the molecule is COC(C)CNC(CN)c1cccc2c1OC(C)(C)C2. The second-order valence-corrected chi connectivity index (χ2v) is 6.12. The molecule has 4 heteroatoms. The first-order chi connectivity index (χ1) is 9.46. The van der Waals surface area contributed by atoms with Crippen molar-refractivity contribution >= 4 is 0 Å². The highest BCUT2D eigenvalue weighted by atomic mass is 16.5. The summed E-state index contributed by atoms with van der Waals surface area (Å²) in [4.78, 5) is 0. The van der Waals surface area contributed by atoms with Crippen molar-refractivity contribution in [1.29, 1.82) is 0 Å². The van der Waals surface area contributed by atoms with Crippen LogP contribution in [-0.4, -0.2) is 31.9 Å². The lowest BCUT2D eigenvalue weighted by Gasteiger charge is -2.23. The number of nitrogens with two attached hydrogens (primary N) is 1. The van der Waals surface area contributed by atoms with Crippen molar-refractivity contribution in [1.82, 2.24) is 5.32 Å². The van der Waals surface area contributed by atoms with E-state index in [-0.39, 0.29) is 17.7 Å². The van der Waals surface area contributed by atoms with Crippen molar-refractivity contribution in [3.63, 3.8) is 0 Å². The Bertz CT molecular complexity index is 460. The lowest BCUT2D eigenvalue weighted by atomic mass is 9.98. The molecule has 1 aliphatic rings. The molecular formula is C16H26N2O2. The maximum Gasteiger partial charge on any atom is 0.128 e. The van der Waals surface area contributed by atoms with Crippen LogP contribution in [0.15, 0.2) is 18.2 Å². The topological polar surface area (TPSA) is 56.5 Å². The highest BCUT2D eigenvalue weighted by molar-refractivity contribution is 5.47. The summed E-state index contributed by atoms with van der Waals surface area (Å²) in [5.41, 5.74) is 8.23. The number of para-hydroxylation sites is 1. The molecule has 4 nitrogen and oxygen atoms in total. The fourth-order valence-corrected chi connectivity index (χ4v) is 2.63. The Hall–Kier alpha value is -1.10. The summed E-state index contributed by atoms with van der Waals surface area (Å²) in [6.07, 6.45) is 1.11. The number of methoxy groups -OCH3 is 1. The molecule has 2 atom stereocenters. The Balaban J connectivity index is 2.18. The van der Waals surface area contributed by atoms with Gasteiger partial charge in [-0.05, 0) is 26.3 Å². The average molecular weight is 278 g/mol. The lowest BCUT2D eigenvalue weighted by Crippen LogP contribution is -2.34. The molecule has 2 rings (SSSR count). The molecule has 0 aromatic heterocycles. The minimum Gasteiger partial charge on any atom is -0.487 e. The van der Waals surface area contributed by atoms with Crippen molar-refractivity contribution in [2.45, 2.75) is 44.9 Å². The van der Waals surface area contributed by atoms with E-state index in [1.165, 1.54) is 5.56 Å². The Morgan fingerprint density at radius 2 is 2.20 bits per heavy atom. The normalized spacial score (nSPS) is 19.2. The van der Waals surface area contributed by atoms with Gasteiger partial charge in [0.1, 0.15) is 11.4 Å². The first-order valence-electron chi connectivity index (χ1n) is 7.24. The number of hydrogen-bond donors (Lipinski definition) is 2. The Labute approximate surface area is 121 Å². The molecule has 0 aliphatic carbocycles. The van der Waals surface area contributed by atoms with Crippen molar-refractivity contribution in [2.24, 2.45) is 5.73 Å². The molecule has 1 aliphatic heterocycles. The van der Waals surface area contributed by atoms with Crippen molar-refractivity contribution in [3.05, 3.63) is 29.3 Å². The molecule has 0 amide bonds. The highest BCUT2D eigenvalue weighted by Crippen LogP contribution is 2.39. The van der Waals surface area contributed by atoms with Crippen LogP contribution in [0.2, 0.25) is 0 Å². The molecule has 1 heterocycles. The fraction of sp³-hybridized carbons (Fsp3) is 0.625. The monoisotopic (exact) mass is 278 g/mol. The zero-order valence-electron chi connectivity index (χ0n) is 12.9. The smallest absolute Gasteiger partial charge is 0.128 e. The second kappa shape index (κ2) is 6.12. The van der Waals surface area contributed by atoms with Crippen LogP contribution >= 0.6 is 0 Å². The van der Waals surface area contributed by atoms with Gasteiger partial charge < -0.3 is 20.5 Å². The van der Waals surface area contributed by atoms with Gasteiger partial charge in [-0.1, -0.05) is 18.2 Å². The predicted molar refractivity (Wildman–Crippen MR) is 81.1 cm³/mol. The molecule has 112 valence electrons. The largest absolute Gasteiger partial charge is 0.487 e. The number of ether oxygens (including phenoxy) is 2. The molecule has 20 heavy (non-hydrogen) atoms. The summed E-state index contributed by atoms with van der Waals surface area (Å²) >= 11 is 0. The molecule has 0 fully saturated rings. The summed E-state index contributed by atoms with van der Waals surface area (Å²) < 4.78 is 11.4. The number of fused-ring (bicyclic) bond motifs is 1. The van der Waals surface area contributed by atoms with Gasteiger partial charge >= 0.3 is 0 Å². The predicted octanol–water partition coefficient (Wildman–Crippen LogP) is 2.02. The van der Waals surface area contributed by atoms with E-state index in [4.69, 9.17) is 15.2 Å². The van der Waals surface area contributed by atoms with E-state index in [9.17, 15) is 0 Å². The Morgan fingerprint density at radius 1 is 1.45 bits per heavy atom. The second-order valence-electron chi connectivity index (χ2n) is 6.12. The average Bonchev–Trinajstić information content (AvgIpc) is 2.73. The summed E-state index contributed by atoms with van der Waals surface area (Å²) in [5, 5.41) is 3.46. The van der Waals surface area contributed by atoms with Gasteiger partial charge in [-0.15, -0.1) is 0 Å². The van der Waals surface area contributed by atoms with Gasteiger partial charge in [0.25, 0.3) is 0 Å². The lowest BCUT2D eigenvalue weighted by molar-refractivity contribution is 0.113. The standard InChI is InChI=1S/C16H26N2O2/c1-11(19-4)10-18-14(9-17)13-7-5-6-12-8-16(2,3)20-15(12)13/h5-7,11,14,18H,8-10,17H2,1-4H3. The zero-order valence-corrected chi connectivity index (χ0v) is 12.9. The molecule has 0 radical (unpaired) electrons. The first kappa shape index (κ1) is 15.3. The van der Waals surface area contributed by atoms with Crippen LogP contribution in [0, 0.1) is 0 Å². The van der Waals surface area contributed by atoms with Crippen LogP contribution in [0.1, 0.15) is 37.9 Å². The molecule has 0 saturated heterocycles. The molecule has 1 aromatic carbocycles. The number of rotatable bonds is 6. The van der Waals surface area contributed by atoms with Gasteiger partial charge in [0, 0.05) is 38.2 Å². The minimum absolute atomic E-state index is 0.0939. The van der Waals surface area contributed by atoms with E-state index < -0.39 is 0 Å². The molecular weight excluding hydrogens is 252 g/mol. The van der Waals surface area contributed by atoms with Crippen molar-refractivity contribution < 1.29 is 9.47 Å². The third-order valence-corrected chi connectivity index (χ3v) is 3.79. The maximum absolute atomic E-state index is 6.11. The van der Waals surface area contributed by atoms with E-state index in [1.807, 2.05) is 6.92 Å². The van der Waals surface area contributed by atoms with Crippen LogP contribution in [0.3, 0.4) is 0 Å². The summed E-state index contributed by atoms with van der Waals surface area (Å²) in [5.74, 6) is 1.01. The Kier molecular flexibility index (Phi) is 4.68. The molecule has 0 spiro atoms. The first-order valence-corrected chi connectivity index (χ1v) is 7.24. The van der Waals surface area contributed by atoms with Gasteiger partial charge in [0.2, 0.25) is 0 Å². The zero-order chi connectivity index (χ0) is 14.8. The molecule has 3 N–H and O–H groups in total. The van der Waals surface area contributed by atoms with E-state index in [2.05, 4.69) is 37.4 Å². The van der Waals surface area contributed by atoms with Crippen LogP contribution < -0.4 is 15.8 Å². The van der Waals surface area contributed by atoms with Crippen molar-refractivity contribution in [3.8, 4) is 5.75 Å². The molecule has 1 aromatic rings. The number of benzene rings is 1. The Morgan fingerprint density at radius 3 is 2.85 bits per heavy atom. The summed E-state index contributed by atoms with van der Waals surface area (Å²) in [6, 6.07) is 6.42. The number of hydrogen-bond acceptors (Lipinski definition) is 4.